The molecule has 1 aromatic heterocycles. The zero-order valence-electron chi connectivity index (χ0n) is 18.9. The monoisotopic (exact) mass is 503 g/mol. The van der Waals surface area contributed by atoms with Crippen molar-refractivity contribution >= 4 is 29.1 Å². The summed E-state index contributed by atoms with van der Waals surface area (Å²) in [5.74, 6) is -0.0827. The van der Waals surface area contributed by atoms with E-state index in [0.29, 0.717) is 18.2 Å². The van der Waals surface area contributed by atoms with Gasteiger partial charge in [-0.15, -0.1) is 0 Å². The van der Waals surface area contributed by atoms with Gasteiger partial charge >= 0.3 is 0 Å². The third-order valence-electron chi connectivity index (χ3n) is 6.03. The van der Waals surface area contributed by atoms with E-state index in [1.807, 2.05) is 48.5 Å². The average Bonchev–Trinajstić information content (AvgIpc) is 3.16. The van der Waals surface area contributed by atoms with Crippen molar-refractivity contribution in [3.8, 4) is 0 Å². The molecule has 2 heterocycles. The molecule has 2 N–H and O–H groups in total. The fourth-order valence-corrected chi connectivity index (χ4v) is 4.32. The Bertz CT molecular complexity index is 1120. The number of halogens is 2. The highest BCUT2D eigenvalue weighted by atomic mass is 35.5. The number of aliphatic hydroxyl groups excluding tert-OH is 1. The first-order valence-corrected chi connectivity index (χ1v) is 11.8. The number of nitrogens with zero attached hydrogens (tertiary/aromatic N) is 2. The van der Waals surface area contributed by atoms with Gasteiger partial charge in [-0.05, 0) is 16.7 Å². The summed E-state index contributed by atoms with van der Waals surface area (Å²) < 4.78 is 14.6. The van der Waals surface area contributed by atoms with E-state index in [0.717, 1.165) is 22.3 Å². The smallest absolute Gasteiger partial charge is 0.217 e. The van der Waals surface area contributed by atoms with E-state index in [4.69, 9.17) is 32.7 Å². The number of carbonyl (C=O) groups is 1. The van der Waals surface area contributed by atoms with Gasteiger partial charge in [0.05, 0.1) is 31.7 Å². The molecule has 0 spiro atoms. The van der Waals surface area contributed by atoms with Crippen LogP contribution in [-0.4, -0.2) is 26.7 Å². The number of amides is 1. The van der Waals surface area contributed by atoms with E-state index in [-0.39, 0.29) is 35.8 Å². The van der Waals surface area contributed by atoms with Gasteiger partial charge in [0.2, 0.25) is 5.91 Å². The summed E-state index contributed by atoms with van der Waals surface area (Å²) in [5, 5.41) is 12.8. The number of carbonyl (C=O) groups excluding carboxylic acids is 1. The molecule has 1 aliphatic heterocycles. The Balaban J connectivity index is 1.60. The highest BCUT2D eigenvalue weighted by Gasteiger charge is 2.38. The van der Waals surface area contributed by atoms with Crippen LogP contribution in [0.25, 0.3) is 0 Å². The van der Waals surface area contributed by atoms with Crippen LogP contribution in [0.3, 0.4) is 0 Å². The van der Waals surface area contributed by atoms with Gasteiger partial charge < -0.3 is 24.5 Å². The van der Waals surface area contributed by atoms with E-state index in [1.165, 1.54) is 6.92 Å². The fraction of sp³-hybridized carbons (Fsp3) is 0.360. The normalized spacial score (nSPS) is 22.5. The number of benzene rings is 2. The van der Waals surface area contributed by atoms with Crippen molar-refractivity contribution in [3.63, 3.8) is 0 Å². The van der Waals surface area contributed by atoms with Gasteiger partial charge in [0.25, 0.3) is 0 Å². The molecule has 0 radical (unpaired) electrons. The topological polar surface area (TPSA) is 85.6 Å². The Morgan fingerprint density at radius 2 is 1.71 bits per heavy atom. The van der Waals surface area contributed by atoms with Crippen LogP contribution in [0.2, 0.25) is 10.3 Å². The number of nitrogens with one attached hydrogen (secondary N) is 1. The second-order valence-corrected chi connectivity index (χ2v) is 9.17. The van der Waals surface area contributed by atoms with Crippen molar-refractivity contribution in [1.29, 1.82) is 0 Å². The van der Waals surface area contributed by atoms with Gasteiger partial charge in [0, 0.05) is 24.9 Å². The van der Waals surface area contributed by atoms with Crippen LogP contribution in [0.1, 0.15) is 48.5 Å². The summed E-state index contributed by atoms with van der Waals surface area (Å²) in [4.78, 5) is 15.3. The van der Waals surface area contributed by atoms with Crippen molar-refractivity contribution in [2.24, 2.45) is 5.92 Å². The molecule has 0 bridgehead atoms. The highest BCUT2D eigenvalue weighted by Crippen LogP contribution is 2.42. The molecule has 4 rings (SSSR count). The van der Waals surface area contributed by atoms with Gasteiger partial charge in [0.1, 0.15) is 5.15 Å². The van der Waals surface area contributed by atoms with E-state index in [1.54, 1.807) is 10.9 Å². The lowest BCUT2D eigenvalue weighted by Crippen LogP contribution is -2.39. The summed E-state index contributed by atoms with van der Waals surface area (Å²) in [7, 11) is 0. The number of aromatic nitrogens is 2. The Morgan fingerprint density at radius 1 is 1.06 bits per heavy atom. The van der Waals surface area contributed by atoms with E-state index < -0.39 is 6.29 Å². The molecule has 1 fully saturated rings. The summed E-state index contributed by atoms with van der Waals surface area (Å²) in [6.45, 7) is 4.48. The van der Waals surface area contributed by atoms with Crippen LogP contribution in [-0.2, 0) is 34.0 Å². The molecule has 7 nitrogen and oxygen atoms in total. The predicted octanol–water partition coefficient (Wildman–Crippen LogP) is 4.81. The lowest BCUT2D eigenvalue weighted by Gasteiger charge is -2.41. The second kappa shape index (κ2) is 10.9. The average molecular weight is 504 g/mol. The standard InChI is InChI=1S/C25H27Cl2N3O4/c1-15-21(12-30-14-29-23(26)24(30)27)33-25(20-9-3-17(4-10-20)11-28-16(2)32)34-22(15)19-7-5-18(13-31)6-8-19/h3-10,14-15,21-22,25,31H,11-13H2,1-2H3,(H,28,32). The molecular formula is C25H27Cl2N3O4. The van der Waals surface area contributed by atoms with Gasteiger partial charge in [-0.2, -0.15) is 0 Å². The van der Waals surface area contributed by atoms with Crippen LogP contribution in [0.5, 0.6) is 0 Å². The third-order valence-corrected chi connectivity index (χ3v) is 6.80. The molecular weight excluding hydrogens is 477 g/mol. The predicted molar refractivity (Wildman–Crippen MR) is 129 cm³/mol. The highest BCUT2D eigenvalue weighted by molar-refractivity contribution is 6.40. The fourth-order valence-electron chi connectivity index (χ4n) is 4.01. The van der Waals surface area contributed by atoms with Crippen LogP contribution >= 0.6 is 23.2 Å². The van der Waals surface area contributed by atoms with Crippen LogP contribution in [0.4, 0.5) is 0 Å². The lowest BCUT2D eigenvalue weighted by molar-refractivity contribution is -0.276. The number of hydrogen-bond donors (Lipinski definition) is 2. The van der Waals surface area contributed by atoms with E-state index in [2.05, 4.69) is 17.2 Å². The van der Waals surface area contributed by atoms with Gasteiger partial charge in [-0.1, -0.05) is 78.7 Å². The first kappa shape index (κ1) is 24.7. The van der Waals surface area contributed by atoms with Gasteiger partial charge in [-0.25, -0.2) is 4.98 Å². The van der Waals surface area contributed by atoms with E-state index in [9.17, 15) is 9.90 Å². The number of ether oxygens (including phenoxy) is 2. The molecule has 4 atom stereocenters. The molecule has 9 heteroatoms. The second-order valence-electron chi connectivity index (χ2n) is 8.45. The Labute approximate surface area is 208 Å². The zero-order chi connectivity index (χ0) is 24.2. The minimum absolute atomic E-state index is 0.00694. The van der Waals surface area contributed by atoms with Crippen LogP contribution in [0, 0.1) is 5.92 Å². The van der Waals surface area contributed by atoms with Crippen molar-refractivity contribution in [2.45, 2.75) is 52.0 Å². The van der Waals surface area contributed by atoms with Crippen molar-refractivity contribution in [1.82, 2.24) is 14.9 Å². The minimum atomic E-state index is -0.601. The van der Waals surface area contributed by atoms with Crippen molar-refractivity contribution in [3.05, 3.63) is 87.4 Å². The van der Waals surface area contributed by atoms with Crippen LogP contribution < -0.4 is 5.32 Å². The Kier molecular flexibility index (Phi) is 7.91. The lowest BCUT2D eigenvalue weighted by atomic mass is 9.90. The SMILES string of the molecule is CC(=O)NCc1ccc(C2OC(Cn3cnc(Cl)c3Cl)C(C)C(c3ccc(CO)cc3)O2)cc1. The summed E-state index contributed by atoms with van der Waals surface area (Å²) in [6, 6.07) is 15.5. The quantitative estimate of drug-likeness (QED) is 0.483. The summed E-state index contributed by atoms with van der Waals surface area (Å²) >= 11 is 12.4. The van der Waals surface area contributed by atoms with Crippen LogP contribution in [0.15, 0.2) is 54.9 Å². The van der Waals surface area contributed by atoms with Crippen molar-refractivity contribution in [2.75, 3.05) is 0 Å². The molecule has 1 amide bonds. The summed E-state index contributed by atoms with van der Waals surface area (Å²) in [6.07, 6.45) is 0.528. The number of imidazole rings is 1. The molecule has 180 valence electrons. The van der Waals surface area contributed by atoms with E-state index >= 15 is 0 Å². The first-order chi connectivity index (χ1) is 16.4. The number of aliphatic hydroxyl groups is 1. The molecule has 4 unspecified atom stereocenters. The molecule has 1 aliphatic rings. The van der Waals surface area contributed by atoms with Crippen molar-refractivity contribution < 1.29 is 19.4 Å². The Morgan fingerprint density at radius 3 is 2.29 bits per heavy atom. The Hall–Kier alpha value is -2.42. The van der Waals surface area contributed by atoms with Gasteiger partial charge in [0.15, 0.2) is 11.4 Å². The third kappa shape index (κ3) is 5.62. The maximum absolute atomic E-state index is 11.2. The zero-order valence-corrected chi connectivity index (χ0v) is 20.5. The number of hydrogen-bond acceptors (Lipinski definition) is 5. The molecule has 34 heavy (non-hydrogen) atoms. The number of rotatable bonds is 7. The molecule has 0 aliphatic carbocycles. The summed E-state index contributed by atoms with van der Waals surface area (Å²) in [5.41, 5.74) is 3.69. The molecule has 3 aromatic rings. The maximum Gasteiger partial charge on any atom is 0.217 e. The van der Waals surface area contributed by atoms with Gasteiger partial charge in [-0.3, -0.25) is 4.79 Å². The largest absolute Gasteiger partial charge is 0.392 e. The minimum Gasteiger partial charge on any atom is -0.392 e. The molecule has 1 saturated heterocycles. The molecule has 2 aromatic carbocycles. The first-order valence-electron chi connectivity index (χ1n) is 11.1. The molecule has 0 saturated carbocycles. The maximum atomic E-state index is 11.2.